The van der Waals surface area contributed by atoms with Crippen LogP contribution in [0.4, 0.5) is 0 Å². The van der Waals surface area contributed by atoms with Crippen LogP contribution in [0.1, 0.15) is 23.9 Å². The molecule has 5 heteroatoms. The zero-order valence-corrected chi connectivity index (χ0v) is 11.6. The van der Waals surface area contributed by atoms with Crippen LogP contribution in [0.3, 0.4) is 0 Å². The SMILES string of the molecule is CCN1CCN(CCCNC(=O)c2ccco2)CC1. The molecule has 1 aliphatic rings. The second-order valence-electron chi connectivity index (χ2n) is 4.86. The Balaban J connectivity index is 1.56. The van der Waals surface area contributed by atoms with Gasteiger partial charge in [0.05, 0.1) is 6.26 Å². The van der Waals surface area contributed by atoms with E-state index in [1.54, 1.807) is 12.1 Å². The number of hydrogen-bond donors (Lipinski definition) is 1. The van der Waals surface area contributed by atoms with Gasteiger partial charge in [-0.2, -0.15) is 0 Å². The normalized spacial score (nSPS) is 17.5. The van der Waals surface area contributed by atoms with E-state index in [9.17, 15) is 4.79 Å². The molecule has 0 bridgehead atoms. The number of carbonyl (C=O) groups is 1. The molecule has 1 amide bonds. The molecule has 2 rings (SSSR count). The van der Waals surface area contributed by atoms with Crippen molar-refractivity contribution in [2.24, 2.45) is 0 Å². The van der Waals surface area contributed by atoms with Crippen molar-refractivity contribution in [1.82, 2.24) is 15.1 Å². The van der Waals surface area contributed by atoms with Crippen LogP contribution in [0.2, 0.25) is 0 Å². The lowest BCUT2D eigenvalue weighted by Crippen LogP contribution is -2.46. The Hall–Kier alpha value is -1.33. The first kappa shape index (κ1) is 14.1. The lowest BCUT2D eigenvalue weighted by molar-refractivity contribution is 0.0921. The van der Waals surface area contributed by atoms with Gasteiger partial charge in [0.15, 0.2) is 5.76 Å². The van der Waals surface area contributed by atoms with Crippen LogP contribution in [0.25, 0.3) is 0 Å². The topological polar surface area (TPSA) is 48.7 Å². The van der Waals surface area contributed by atoms with E-state index in [1.807, 2.05) is 0 Å². The first-order valence-corrected chi connectivity index (χ1v) is 7.06. The van der Waals surface area contributed by atoms with E-state index in [-0.39, 0.29) is 5.91 Å². The minimum atomic E-state index is -0.124. The summed E-state index contributed by atoms with van der Waals surface area (Å²) in [5.74, 6) is 0.261. The van der Waals surface area contributed by atoms with Gasteiger partial charge in [-0.05, 0) is 31.6 Å². The van der Waals surface area contributed by atoms with E-state index in [1.165, 1.54) is 6.26 Å². The molecule has 0 saturated carbocycles. The summed E-state index contributed by atoms with van der Waals surface area (Å²) in [4.78, 5) is 16.5. The van der Waals surface area contributed by atoms with Crippen molar-refractivity contribution < 1.29 is 9.21 Å². The van der Waals surface area contributed by atoms with Crippen LogP contribution in [-0.2, 0) is 0 Å². The van der Waals surface area contributed by atoms with Gasteiger partial charge in [0.1, 0.15) is 0 Å². The van der Waals surface area contributed by atoms with Gasteiger partial charge in [0, 0.05) is 32.7 Å². The van der Waals surface area contributed by atoms with Crippen LogP contribution >= 0.6 is 0 Å². The summed E-state index contributed by atoms with van der Waals surface area (Å²) in [7, 11) is 0. The number of likely N-dealkylation sites (N-methyl/N-ethyl adjacent to an activating group) is 1. The number of piperazine rings is 1. The smallest absolute Gasteiger partial charge is 0.286 e. The average Bonchev–Trinajstić information content (AvgIpc) is 2.98. The molecule has 5 nitrogen and oxygen atoms in total. The Kier molecular flexibility index (Phi) is 5.42. The largest absolute Gasteiger partial charge is 0.459 e. The Morgan fingerprint density at radius 3 is 2.68 bits per heavy atom. The summed E-state index contributed by atoms with van der Waals surface area (Å²) in [5.41, 5.74) is 0. The predicted molar refractivity (Wildman–Crippen MR) is 74.2 cm³/mol. The molecular formula is C14H23N3O2. The van der Waals surface area contributed by atoms with Crippen LogP contribution in [-0.4, -0.2) is 61.5 Å². The van der Waals surface area contributed by atoms with Gasteiger partial charge in [0.25, 0.3) is 5.91 Å². The van der Waals surface area contributed by atoms with Gasteiger partial charge >= 0.3 is 0 Å². The van der Waals surface area contributed by atoms with E-state index >= 15 is 0 Å². The standard InChI is InChI=1S/C14H23N3O2/c1-2-16-8-10-17(11-9-16)7-4-6-15-14(18)13-5-3-12-19-13/h3,5,12H,2,4,6-11H2,1H3,(H,15,18). The summed E-state index contributed by atoms with van der Waals surface area (Å²) >= 11 is 0. The van der Waals surface area contributed by atoms with Crippen LogP contribution < -0.4 is 5.32 Å². The first-order valence-electron chi connectivity index (χ1n) is 7.06. The lowest BCUT2D eigenvalue weighted by Gasteiger charge is -2.33. The maximum absolute atomic E-state index is 11.6. The summed E-state index contributed by atoms with van der Waals surface area (Å²) in [6.07, 6.45) is 2.50. The molecule has 0 spiro atoms. The first-order chi connectivity index (χ1) is 9.29. The monoisotopic (exact) mass is 265 g/mol. The van der Waals surface area contributed by atoms with Crippen LogP contribution in [0, 0.1) is 0 Å². The number of nitrogens with zero attached hydrogens (tertiary/aromatic N) is 2. The maximum Gasteiger partial charge on any atom is 0.286 e. The van der Waals surface area contributed by atoms with Crippen molar-refractivity contribution in [3.05, 3.63) is 24.2 Å². The molecule has 1 aromatic heterocycles. The van der Waals surface area contributed by atoms with Crippen molar-refractivity contribution >= 4 is 5.91 Å². The van der Waals surface area contributed by atoms with Gasteiger partial charge < -0.3 is 19.5 Å². The molecule has 1 fully saturated rings. The highest BCUT2D eigenvalue weighted by Gasteiger charge is 2.14. The minimum absolute atomic E-state index is 0.124. The molecular weight excluding hydrogens is 242 g/mol. The van der Waals surface area contributed by atoms with Gasteiger partial charge in [-0.3, -0.25) is 4.79 Å². The number of rotatable bonds is 6. The second kappa shape index (κ2) is 7.31. The van der Waals surface area contributed by atoms with E-state index in [0.717, 1.165) is 45.7 Å². The molecule has 0 aliphatic carbocycles. The van der Waals surface area contributed by atoms with Crippen molar-refractivity contribution in [3.63, 3.8) is 0 Å². The Bertz CT molecular complexity index is 370. The van der Waals surface area contributed by atoms with E-state index < -0.39 is 0 Å². The highest BCUT2D eigenvalue weighted by Crippen LogP contribution is 2.02. The van der Waals surface area contributed by atoms with Crippen LogP contribution in [0.5, 0.6) is 0 Å². The summed E-state index contributed by atoms with van der Waals surface area (Å²) in [6.45, 7) is 9.71. The molecule has 0 unspecified atom stereocenters. The zero-order valence-electron chi connectivity index (χ0n) is 11.6. The number of amides is 1. The molecule has 1 aromatic rings. The summed E-state index contributed by atoms with van der Waals surface area (Å²) in [6, 6.07) is 3.40. The quantitative estimate of drug-likeness (QED) is 0.781. The molecule has 1 aliphatic heterocycles. The van der Waals surface area contributed by atoms with E-state index in [0.29, 0.717) is 12.3 Å². The van der Waals surface area contributed by atoms with E-state index in [4.69, 9.17) is 4.42 Å². The number of nitrogens with one attached hydrogen (secondary N) is 1. The molecule has 0 atom stereocenters. The third kappa shape index (κ3) is 4.36. The molecule has 0 aromatic carbocycles. The zero-order chi connectivity index (χ0) is 13.5. The predicted octanol–water partition coefficient (Wildman–Crippen LogP) is 1.04. The van der Waals surface area contributed by atoms with Crippen molar-refractivity contribution in [2.45, 2.75) is 13.3 Å². The van der Waals surface area contributed by atoms with Crippen LogP contribution in [0.15, 0.2) is 22.8 Å². The van der Waals surface area contributed by atoms with Crippen molar-refractivity contribution in [1.29, 1.82) is 0 Å². The maximum atomic E-state index is 11.6. The Labute approximate surface area is 114 Å². The second-order valence-corrected chi connectivity index (χ2v) is 4.86. The van der Waals surface area contributed by atoms with E-state index in [2.05, 4.69) is 22.0 Å². The average molecular weight is 265 g/mol. The van der Waals surface area contributed by atoms with Gasteiger partial charge in [-0.25, -0.2) is 0 Å². The van der Waals surface area contributed by atoms with Gasteiger partial charge in [0.2, 0.25) is 0 Å². The Morgan fingerprint density at radius 1 is 1.32 bits per heavy atom. The van der Waals surface area contributed by atoms with Crippen molar-refractivity contribution in [3.8, 4) is 0 Å². The van der Waals surface area contributed by atoms with Gasteiger partial charge in [-0.1, -0.05) is 6.92 Å². The fraction of sp³-hybridized carbons (Fsp3) is 0.643. The Morgan fingerprint density at radius 2 is 2.05 bits per heavy atom. The number of furan rings is 1. The number of carbonyl (C=O) groups excluding carboxylic acids is 1. The van der Waals surface area contributed by atoms with Crippen molar-refractivity contribution in [2.75, 3.05) is 45.8 Å². The highest BCUT2D eigenvalue weighted by molar-refractivity contribution is 5.91. The third-order valence-corrected chi connectivity index (χ3v) is 3.59. The summed E-state index contributed by atoms with van der Waals surface area (Å²) in [5, 5.41) is 2.87. The fourth-order valence-electron chi connectivity index (χ4n) is 2.33. The molecule has 1 N–H and O–H groups in total. The molecule has 0 radical (unpaired) electrons. The van der Waals surface area contributed by atoms with Gasteiger partial charge in [-0.15, -0.1) is 0 Å². The molecule has 2 heterocycles. The third-order valence-electron chi connectivity index (χ3n) is 3.59. The fourth-order valence-corrected chi connectivity index (χ4v) is 2.33. The molecule has 106 valence electrons. The minimum Gasteiger partial charge on any atom is -0.459 e. The highest BCUT2D eigenvalue weighted by atomic mass is 16.3. The lowest BCUT2D eigenvalue weighted by atomic mass is 10.3. The molecule has 1 saturated heterocycles. The molecule has 19 heavy (non-hydrogen) atoms. The summed E-state index contributed by atoms with van der Waals surface area (Å²) < 4.78 is 5.04. The number of hydrogen-bond acceptors (Lipinski definition) is 4.